The van der Waals surface area contributed by atoms with E-state index in [1.807, 2.05) is 37.4 Å². The van der Waals surface area contributed by atoms with Crippen LogP contribution in [0.2, 0.25) is 0 Å². The van der Waals surface area contributed by atoms with Crippen molar-refractivity contribution in [2.24, 2.45) is 0 Å². The summed E-state index contributed by atoms with van der Waals surface area (Å²) in [7, 11) is 3.55. The molecule has 1 heterocycles. The Labute approximate surface area is 127 Å². The Kier molecular flexibility index (Phi) is 5.38. The van der Waals surface area contributed by atoms with Gasteiger partial charge in [-0.2, -0.15) is 0 Å². The molecule has 20 heavy (non-hydrogen) atoms. The summed E-state index contributed by atoms with van der Waals surface area (Å²) in [5, 5.41) is 3.12. The molecule has 0 aliphatic carbocycles. The van der Waals surface area contributed by atoms with Crippen LogP contribution in [0.4, 0.5) is 0 Å². The fourth-order valence-corrected chi connectivity index (χ4v) is 2.01. The van der Waals surface area contributed by atoms with Crippen molar-refractivity contribution in [3.05, 3.63) is 52.3 Å². The Balaban J connectivity index is 2.12. The van der Waals surface area contributed by atoms with E-state index in [4.69, 9.17) is 9.47 Å². The van der Waals surface area contributed by atoms with Gasteiger partial charge < -0.3 is 14.8 Å². The van der Waals surface area contributed by atoms with Crippen LogP contribution in [-0.4, -0.2) is 19.1 Å². The Morgan fingerprint density at radius 1 is 1.25 bits per heavy atom. The van der Waals surface area contributed by atoms with Gasteiger partial charge in [0, 0.05) is 28.8 Å². The summed E-state index contributed by atoms with van der Waals surface area (Å²) < 4.78 is 12.1. The van der Waals surface area contributed by atoms with Crippen molar-refractivity contribution in [2.45, 2.75) is 13.2 Å². The van der Waals surface area contributed by atoms with Gasteiger partial charge in [0.25, 0.3) is 0 Å². The Morgan fingerprint density at radius 3 is 2.75 bits per heavy atom. The van der Waals surface area contributed by atoms with Crippen molar-refractivity contribution in [2.75, 3.05) is 14.2 Å². The van der Waals surface area contributed by atoms with Crippen molar-refractivity contribution in [3.8, 4) is 11.5 Å². The molecule has 0 saturated carbocycles. The van der Waals surface area contributed by atoms with Crippen LogP contribution in [0.5, 0.6) is 11.5 Å². The average molecular weight is 337 g/mol. The van der Waals surface area contributed by atoms with Crippen LogP contribution < -0.4 is 14.8 Å². The lowest BCUT2D eigenvalue weighted by Gasteiger charge is -2.12. The molecule has 1 aromatic carbocycles. The monoisotopic (exact) mass is 336 g/mol. The predicted molar refractivity (Wildman–Crippen MR) is 82.0 cm³/mol. The number of halogens is 1. The minimum atomic E-state index is 0.428. The number of pyridine rings is 1. The maximum atomic E-state index is 5.86. The third-order valence-corrected chi connectivity index (χ3v) is 3.27. The first-order valence-electron chi connectivity index (χ1n) is 6.27. The molecule has 106 valence electrons. The van der Waals surface area contributed by atoms with Crippen LogP contribution in [-0.2, 0) is 13.2 Å². The number of benzene rings is 1. The SMILES string of the molecule is CNCc1ccc(OC)cc1OCc1ccc(Br)cn1. The van der Waals surface area contributed by atoms with Gasteiger partial charge in [-0.15, -0.1) is 0 Å². The van der Waals surface area contributed by atoms with Gasteiger partial charge in [0.2, 0.25) is 0 Å². The first-order chi connectivity index (χ1) is 9.72. The van der Waals surface area contributed by atoms with Crippen molar-refractivity contribution in [1.29, 1.82) is 0 Å². The lowest BCUT2D eigenvalue weighted by Crippen LogP contribution is -2.08. The highest BCUT2D eigenvalue weighted by molar-refractivity contribution is 9.10. The third kappa shape index (κ3) is 3.95. The molecule has 0 atom stereocenters. The first kappa shape index (κ1) is 14.8. The second kappa shape index (κ2) is 7.26. The van der Waals surface area contributed by atoms with Gasteiger partial charge in [-0.25, -0.2) is 0 Å². The fourth-order valence-electron chi connectivity index (χ4n) is 1.78. The number of nitrogens with one attached hydrogen (secondary N) is 1. The van der Waals surface area contributed by atoms with E-state index in [0.29, 0.717) is 6.61 Å². The van der Waals surface area contributed by atoms with E-state index in [2.05, 4.69) is 26.2 Å². The number of ether oxygens (including phenoxy) is 2. The highest BCUT2D eigenvalue weighted by Gasteiger charge is 2.06. The second-order valence-electron chi connectivity index (χ2n) is 4.26. The number of hydrogen-bond acceptors (Lipinski definition) is 4. The molecule has 2 rings (SSSR count). The molecule has 2 aromatic rings. The normalized spacial score (nSPS) is 10.3. The van der Waals surface area contributed by atoms with E-state index in [-0.39, 0.29) is 0 Å². The van der Waals surface area contributed by atoms with Crippen molar-refractivity contribution in [3.63, 3.8) is 0 Å². The molecule has 0 unspecified atom stereocenters. The molecule has 1 N–H and O–H groups in total. The molecule has 0 saturated heterocycles. The number of hydrogen-bond donors (Lipinski definition) is 1. The van der Waals surface area contributed by atoms with Gasteiger partial charge in [-0.3, -0.25) is 4.98 Å². The Morgan fingerprint density at radius 2 is 2.10 bits per heavy atom. The molecular weight excluding hydrogens is 320 g/mol. The van der Waals surface area contributed by atoms with Gasteiger partial charge in [0.1, 0.15) is 18.1 Å². The number of rotatable bonds is 6. The van der Waals surface area contributed by atoms with E-state index in [9.17, 15) is 0 Å². The fraction of sp³-hybridized carbons (Fsp3) is 0.267. The molecule has 0 bridgehead atoms. The quantitative estimate of drug-likeness (QED) is 0.879. The molecule has 0 aliphatic rings. The summed E-state index contributed by atoms with van der Waals surface area (Å²) in [5.41, 5.74) is 1.97. The van der Waals surface area contributed by atoms with E-state index in [1.54, 1.807) is 13.3 Å². The van der Waals surface area contributed by atoms with Gasteiger partial charge in [0.15, 0.2) is 0 Å². The zero-order valence-corrected chi connectivity index (χ0v) is 13.1. The molecular formula is C15H17BrN2O2. The molecule has 0 amide bonds. The van der Waals surface area contributed by atoms with E-state index >= 15 is 0 Å². The minimum absolute atomic E-state index is 0.428. The maximum Gasteiger partial charge on any atom is 0.130 e. The standard InChI is InChI=1S/C15H17BrN2O2/c1-17-8-11-3-6-14(19-2)7-15(11)20-10-13-5-4-12(16)9-18-13/h3-7,9,17H,8,10H2,1-2H3. The van der Waals surface area contributed by atoms with Crippen LogP contribution in [0, 0.1) is 0 Å². The summed E-state index contributed by atoms with van der Waals surface area (Å²) in [6.07, 6.45) is 1.76. The lowest BCUT2D eigenvalue weighted by atomic mass is 10.2. The van der Waals surface area contributed by atoms with Gasteiger partial charge in [-0.05, 0) is 41.2 Å². The van der Waals surface area contributed by atoms with E-state index in [1.165, 1.54) is 0 Å². The molecule has 5 heteroatoms. The van der Waals surface area contributed by atoms with E-state index in [0.717, 1.165) is 33.8 Å². The van der Waals surface area contributed by atoms with Crippen molar-refractivity contribution >= 4 is 15.9 Å². The van der Waals surface area contributed by atoms with Crippen LogP contribution in [0.15, 0.2) is 41.0 Å². The van der Waals surface area contributed by atoms with Crippen LogP contribution in [0.1, 0.15) is 11.3 Å². The summed E-state index contributed by atoms with van der Waals surface area (Å²) in [6, 6.07) is 9.70. The Hall–Kier alpha value is -1.59. The van der Waals surface area contributed by atoms with Gasteiger partial charge >= 0.3 is 0 Å². The highest BCUT2D eigenvalue weighted by Crippen LogP contribution is 2.25. The van der Waals surface area contributed by atoms with Crippen LogP contribution >= 0.6 is 15.9 Å². The Bertz CT molecular complexity index is 558. The maximum absolute atomic E-state index is 5.86. The smallest absolute Gasteiger partial charge is 0.130 e. The van der Waals surface area contributed by atoms with Crippen molar-refractivity contribution < 1.29 is 9.47 Å². The number of aromatic nitrogens is 1. The zero-order chi connectivity index (χ0) is 14.4. The summed E-state index contributed by atoms with van der Waals surface area (Å²) >= 11 is 3.36. The zero-order valence-electron chi connectivity index (χ0n) is 11.5. The number of nitrogens with zero attached hydrogens (tertiary/aromatic N) is 1. The average Bonchev–Trinajstić information content (AvgIpc) is 2.48. The lowest BCUT2D eigenvalue weighted by molar-refractivity contribution is 0.295. The van der Waals surface area contributed by atoms with Crippen LogP contribution in [0.3, 0.4) is 0 Å². The molecule has 0 spiro atoms. The first-order valence-corrected chi connectivity index (χ1v) is 7.07. The topological polar surface area (TPSA) is 43.4 Å². The summed E-state index contributed by atoms with van der Waals surface area (Å²) in [6.45, 7) is 1.17. The predicted octanol–water partition coefficient (Wildman–Crippen LogP) is 3.15. The minimum Gasteiger partial charge on any atom is -0.497 e. The molecule has 0 radical (unpaired) electrons. The summed E-state index contributed by atoms with van der Waals surface area (Å²) in [5.74, 6) is 1.59. The van der Waals surface area contributed by atoms with Crippen molar-refractivity contribution in [1.82, 2.24) is 10.3 Å². The third-order valence-electron chi connectivity index (χ3n) is 2.81. The molecule has 0 aliphatic heterocycles. The highest BCUT2D eigenvalue weighted by atomic mass is 79.9. The second-order valence-corrected chi connectivity index (χ2v) is 5.18. The van der Waals surface area contributed by atoms with Gasteiger partial charge in [-0.1, -0.05) is 6.07 Å². The molecule has 1 aromatic heterocycles. The number of methoxy groups -OCH3 is 1. The molecule has 4 nitrogen and oxygen atoms in total. The largest absolute Gasteiger partial charge is 0.497 e. The summed E-state index contributed by atoms with van der Waals surface area (Å²) in [4.78, 5) is 4.29. The van der Waals surface area contributed by atoms with Gasteiger partial charge in [0.05, 0.1) is 12.8 Å². The van der Waals surface area contributed by atoms with E-state index < -0.39 is 0 Å². The van der Waals surface area contributed by atoms with Crippen LogP contribution in [0.25, 0.3) is 0 Å². The molecule has 0 fully saturated rings.